The molecule has 0 radical (unpaired) electrons. The first-order valence-corrected chi connectivity index (χ1v) is 5.51. The highest BCUT2D eigenvalue weighted by atomic mass is 16.5. The molecular formula is C15H14O2. The van der Waals surface area contributed by atoms with Gasteiger partial charge in [0, 0.05) is 12.5 Å². The Hall–Kier alpha value is -2.09. The topological polar surface area (TPSA) is 26.3 Å². The lowest BCUT2D eigenvalue weighted by atomic mass is 10.0. The molecule has 0 aliphatic rings. The van der Waals surface area contributed by atoms with Gasteiger partial charge in [0.25, 0.3) is 0 Å². The van der Waals surface area contributed by atoms with Crippen LogP contribution in [0.3, 0.4) is 0 Å². The average Bonchev–Trinajstić information content (AvgIpc) is 2.29. The lowest BCUT2D eigenvalue weighted by Gasteiger charge is -2.10. The molecule has 0 aliphatic heterocycles. The van der Waals surface area contributed by atoms with Crippen molar-refractivity contribution < 1.29 is 9.53 Å². The minimum absolute atomic E-state index is 0.298. The van der Waals surface area contributed by atoms with E-state index in [0.717, 1.165) is 16.7 Å². The van der Waals surface area contributed by atoms with Gasteiger partial charge in [-0.3, -0.25) is 4.79 Å². The van der Waals surface area contributed by atoms with E-state index in [0.29, 0.717) is 5.75 Å². The Kier molecular flexibility index (Phi) is 3.24. The Bertz CT molecular complexity index is 530. The summed E-state index contributed by atoms with van der Waals surface area (Å²) in [5.41, 5.74) is 3.05. The van der Waals surface area contributed by atoms with Crippen molar-refractivity contribution >= 4 is 5.97 Å². The van der Waals surface area contributed by atoms with Crippen LogP contribution in [-0.4, -0.2) is 5.97 Å². The maximum atomic E-state index is 11.1. The van der Waals surface area contributed by atoms with Gasteiger partial charge in [0.15, 0.2) is 0 Å². The molecule has 0 fully saturated rings. The van der Waals surface area contributed by atoms with Crippen molar-refractivity contribution in [2.45, 2.75) is 13.8 Å². The quantitative estimate of drug-likeness (QED) is 0.578. The number of hydrogen-bond donors (Lipinski definition) is 0. The Balaban J connectivity index is 2.50. The predicted molar refractivity (Wildman–Crippen MR) is 67.9 cm³/mol. The zero-order valence-corrected chi connectivity index (χ0v) is 9.94. The summed E-state index contributed by atoms with van der Waals surface area (Å²) in [6.45, 7) is 3.39. The summed E-state index contributed by atoms with van der Waals surface area (Å²) in [7, 11) is 0. The fraction of sp³-hybridized carbons (Fsp3) is 0.133. The lowest BCUT2D eigenvalue weighted by Crippen LogP contribution is -2.02. The molecule has 0 heterocycles. The summed E-state index contributed by atoms with van der Waals surface area (Å²) < 4.78 is 5.24. The molecule has 0 atom stereocenters. The molecule has 2 heteroatoms. The monoisotopic (exact) mass is 226 g/mol. The van der Waals surface area contributed by atoms with Gasteiger partial charge in [-0.15, -0.1) is 0 Å². The van der Waals surface area contributed by atoms with Crippen LogP contribution in [0.5, 0.6) is 5.75 Å². The molecule has 0 amide bonds. The van der Waals surface area contributed by atoms with Crippen molar-refractivity contribution in [3.8, 4) is 16.9 Å². The fourth-order valence-corrected chi connectivity index (χ4v) is 1.73. The van der Waals surface area contributed by atoms with Crippen molar-refractivity contribution in [2.24, 2.45) is 0 Å². The number of hydrogen-bond acceptors (Lipinski definition) is 2. The smallest absolute Gasteiger partial charge is 0.308 e. The molecule has 0 bridgehead atoms. The highest BCUT2D eigenvalue weighted by Gasteiger charge is 2.08. The van der Waals surface area contributed by atoms with E-state index in [1.165, 1.54) is 6.92 Å². The second kappa shape index (κ2) is 4.83. The van der Waals surface area contributed by atoms with Crippen LogP contribution in [0.4, 0.5) is 0 Å². The SMILES string of the molecule is CC(=O)Oc1cc(C)ccc1-c1ccccc1. The van der Waals surface area contributed by atoms with Gasteiger partial charge < -0.3 is 4.74 Å². The number of ether oxygens (including phenoxy) is 1. The highest BCUT2D eigenvalue weighted by molar-refractivity contribution is 5.76. The number of carbonyl (C=O) groups is 1. The molecule has 2 aromatic carbocycles. The normalized spacial score (nSPS) is 10.0. The van der Waals surface area contributed by atoms with Crippen LogP contribution in [0.25, 0.3) is 11.1 Å². The lowest BCUT2D eigenvalue weighted by molar-refractivity contribution is -0.131. The van der Waals surface area contributed by atoms with Gasteiger partial charge in [-0.25, -0.2) is 0 Å². The van der Waals surface area contributed by atoms with Crippen LogP contribution >= 0.6 is 0 Å². The summed E-state index contributed by atoms with van der Waals surface area (Å²) in [6, 6.07) is 15.7. The molecule has 0 N–H and O–H groups in total. The second-order valence-electron chi connectivity index (χ2n) is 3.96. The zero-order valence-electron chi connectivity index (χ0n) is 9.94. The first kappa shape index (κ1) is 11.4. The molecule has 86 valence electrons. The van der Waals surface area contributed by atoms with Crippen molar-refractivity contribution in [3.05, 3.63) is 54.1 Å². The number of benzene rings is 2. The van der Waals surface area contributed by atoms with Crippen LogP contribution in [0, 0.1) is 6.92 Å². The van der Waals surface area contributed by atoms with Gasteiger partial charge in [0.2, 0.25) is 0 Å². The molecule has 0 unspecified atom stereocenters. The molecular weight excluding hydrogens is 212 g/mol. The van der Waals surface area contributed by atoms with Gasteiger partial charge in [0.1, 0.15) is 5.75 Å². The number of esters is 1. The molecule has 0 aliphatic carbocycles. The van der Waals surface area contributed by atoms with E-state index in [1.54, 1.807) is 0 Å². The molecule has 2 aromatic rings. The Morgan fingerprint density at radius 1 is 1.06 bits per heavy atom. The van der Waals surface area contributed by atoms with E-state index in [-0.39, 0.29) is 5.97 Å². The number of rotatable bonds is 2. The zero-order chi connectivity index (χ0) is 12.3. The number of carbonyl (C=O) groups excluding carboxylic acids is 1. The van der Waals surface area contributed by atoms with Gasteiger partial charge in [-0.2, -0.15) is 0 Å². The van der Waals surface area contributed by atoms with Crippen molar-refractivity contribution in [3.63, 3.8) is 0 Å². The summed E-state index contributed by atoms with van der Waals surface area (Å²) in [6.07, 6.45) is 0. The van der Waals surface area contributed by atoms with Crippen LogP contribution in [0.1, 0.15) is 12.5 Å². The molecule has 0 aromatic heterocycles. The molecule has 0 saturated carbocycles. The van der Waals surface area contributed by atoms with Crippen molar-refractivity contribution in [1.82, 2.24) is 0 Å². The third-order valence-corrected chi connectivity index (χ3v) is 2.48. The van der Waals surface area contributed by atoms with Crippen molar-refractivity contribution in [2.75, 3.05) is 0 Å². The Labute approximate surface area is 101 Å². The number of aryl methyl sites for hydroxylation is 1. The minimum Gasteiger partial charge on any atom is -0.426 e. The standard InChI is InChI=1S/C15H14O2/c1-11-8-9-14(13-6-4-3-5-7-13)15(10-11)17-12(2)16/h3-10H,1-2H3. The fourth-order valence-electron chi connectivity index (χ4n) is 1.73. The predicted octanol–water partition coefficient (Wildman–Crippen LogP) is 3.59. The third kappa shape index (κ3) is 2.72. The molecule has 17 heavy (non-hydrogen) atoms. The van der Waals surface area contributed by atoms with E-state index in [2.05, 4.69) is 0 Å². The van der Waals surface area contributed by atoms with Gasteiger partial charge in [0.05, 0.1) is 0 Å². The summed E-state index contributed by atoms with van der Waals surface area (Å²) in [5.74, 6) is 0.316. The average molecular weight is 226 g/mol. The highest BCUT2D eigenvalue weighted by Crippen LogP contribution is 2.30. The molecule has 0 spiro atoms. The minimum atomic E-state index is -0.298. The van der Waals surface area contributed by atoms with Crippen molar-refractivity contribution in [1.29, 1.82) is 0 Å². The molecule has 2 nitrogen and oxygen atoms in total. The molecule has 0 saturated heterocycles. The van der Waals surface area contributed by atoms with E-state index >= 15 is 0 Å². The maximum absolute atomic E-state index is 11.1. The first-order chi connectivity index (χ1) is 8.16. The molecule has 2 rings (SSSR count). The third-order valence-electron chi connectivity index (χ3n) is 2.48. The van der Waals surface area contributed by atoms with E-state index in [9.17, 15) is 4.79 Å². The van der Waals surface area contributed by atoms with Crippen LogP contribution < -0.4 is 4.74 Å². The van der Waals surface area contributed by atoms with Gasteiger partial charge >= 0.3 is 5.97 Å². The van der Waals surface area contributed by atoms with Crippen LogP contribution in [0.15, 0.2) is 48.5 Å². The summed E-state index contributed by atoms with van der Waals surface area (Å²) in [5, 5.41) is 0. The Morgan fingerprint density at radius 3 is 2.41 bits per heavy atom. The van der Waals surface area contributed by atoms with E-state index in [4.69, 9.17) is 4.74 Å². The van der Waals surface area contributed by atoms with E-state index < -0.39 is 0 Å². The summed E-state index contributed by atoms with van der Waals surface area (Å²) in [4.78, 5) is 11.1. The second-order valence-corrected chi connectivity index (χ2v) is 3.96. The van der Waals surface area contributed by atoms with Gasteiger partial charge in [-0.1, -0.05) is 42.5 Å². The largest absolute Gasteiger partial charge is 0.426 e. The van der Waals surface area contributed by atoms with Crippen LogP contribution in [0.2, 0.25) is 0 Å². The van der Waals surface area contributed by atoms with Crippen LogP contribution in [-0.2, 0) is 4.79 Å². The van der Waals surface area contributed by atoms with E-state index in [1.807, 2.05) is 55.5 Å². The first-order valence-electron chi connectivity index (χ1n) is 5.51. The summed E-state index contributed by atoms with van der Waals surface area (Å²) >= 11 is 0. The Morgan fingerprint density at radius 2 is 1.76 bits per heavy atom. The maximum Gasteiger partial charge on any atom is 0.308 e. The van der Waals surface area contributed by atoms with Gasteiger partial charge in [-0.05, 0) is 24.1 Å².